The topological polar surface area (TPSA) is 89.8 Å². The van der Waals surface area contributed by atoms with Gasteiger partial charge in [-0.1, -0.05) is 6.92 Å². The van der Waals surface area contributed by atoms with Crippen molar-refractivity contribution < 1.29 is 19.2 Å². The highest BCUT2D eigenvalue weighted by Gasteiger charge is 2.54. The minimum Gasteiger partial charge on any atom is -0.454 e. The Morgan fingerprint density at radius 3 is 2.25 bits per heavy atom. The number of esters is 1. The first-order chi connectivity index (χ1) is 15.3. The van der Waals surface area contributed by atoms with Gasteiger partial charge in [-0.3, -0.25) is 14.9 Å². The zero-order chi connectivity index (χ0) is 22.5. The molecule has 5 aliphatic rings. The van der Waals surface area contributed by atoms with Gasteiger partial charge in [-0.25, -0.2) is 4.79 Å². The summed E-state index contributed by atoms with van der Waals surface area (Å²) in [5.41, 5.74) is 0.282. The number of piperidine rings is 1. The number of hydrogen-bond donors (Lipinski definition) is 0. The van der Waals surface area contributed by atoms with Gasteiger partial charge in [0.1, 0.15) is 5.69 Å². The van der Waals surface area contributed by atoms with Crippen LogP contribution in [0.1, 0.15) is 68.6 Å². The van der Waals surface area contributed by atoms with Gasteiger partial charge in [0, 0.05) is 24.6 Å². The van der Waals surface area contributed by atoms with Gasteiger partial charge in [0.2, 0.25) is 0 Å². The minimum atomic E-state index is -0.662. The smallest absolute Gasteiger partial charge is 0.338 e. The van der Waals surface area contributed by atoms with Gasteiger partial charge in [-0.05, 0) is 87.2 Å². The molecule has 0 radical (unpaired) electrons. The van der Waals surface area contributed by atoms with Crippen LogP contribution in [0.2, 0.25) is 0 Å². The standard InChI is InChI=1S/C25H32N2O5/c1-16-4-6-26(7-5-16)21-3-2-20(11-22(21)27(30)31)24(29)32-15-23(28)25-12-17-8-18(13-25)10-19(9-17)14-25/h2-3,11,16-19H,4-10,12-15H2,1H3. The summed E-state index contributed by atoms with van der Waals surface area (Å²) in [6, 6.07) is 4.52. The van der Waals surface area contributed by atoms with E-state index >= 15 is 0 Å². The SMILES string of the molecule is CC1CCN(c2ccc(C(=O)OCC(=O)C34CC5CC(CC(C5)C3)C4)cc2[N+](=O)[O-])CC1. The summed E-state index contributed by atoms with van der Waals surface area (Å²) in [6.07, 6.45) is 8.54. The largest absolute Gasteiger partial charge is 0.454 e. The molecule has 1 aliphatic heterocycles. The number of carbonyl (C=O) groups excluding carboxylic acids is 2. The molecular formula is C25H32N2O5. The van der Waals surface area contributed by atoms with Crippen molar-refractivity contribution in [2.75, 3.05) is 24.6 Å². The number of rotatable bonds is 6. The van der Waals surface area contributed by atoms with Crippen molar-refractivity contribution in [3.63, 3.8) is 0 Å². The van der Waals surface area contributed by atoms with Crippen LogP contribution in [0.5, 0.6) is 0 Å². The summed E-state index contributed by atoms with van der Waals surface area (Å²) in [6.45, 7) is 3.50. The zero-order valence-corrected chi connectivity index (χ0v) is 18.8. The van der Waals surface area contributed by atoms with Crippen LogP contribution in [0.4, 0.5) is 11.4 Å². The molecule has 1 aromatic carbocycles. The molecule has 0 N–H and O–H groups in total. The average Bonchev–Trinajstić information content (AvgIpc) is 2.76. The first-order valence-electron chi connectivity index (χ1n) is 12.1. The first-order valence-corrected chi connectivity index (χ1v) is 12.1. The van der Waals surface area contributed by atoms with E-state index in [9.17, 15) is 19.7 Å². The lowest BCUT2D eigenvalue weighted by molar-refractivity contribution is -0.384. The molecule has 4 bridgehead atoms. The second-order valence-corrected chi connectivity index (χ2v) is 10.8. The lowest BCUT2D eigenvalue weighted by atomic mass is 9.48. The molecule has 32 heavy (non-hydrogen) atoms. The first kappa shape index (κ1) is 21.4. The van der Waals surface area contributed by atoms with E-state index in [2.05, 4.69) is 6.92 Å². The van der Waals surface area contributed by atoms with E-state index in [4.69, 9.17) is 4.74 Å². The Balaban J connectivity index is 1.26. The molecule has 0 atom stereocenters. The fraction of sp³-hybridized carbons (Fsp3) is 0.680. The van der Waals surface area contributed by atoms with Crippen LogP contribution in [0, 0.1) is 39.2 Å². The Hall–Kier alpha value is -2.44. The quantitative estimate of drug-likeness (QED) is 0.359. The number of benzene rings is 1. The van der Waals surface area contributed by atoms with Crippen molar-refractivity contribution in [2.24, 2.45) is 29.1 Å². The minimum absolute atomic E-state index is 0.0403. The molecule has 5 fully saturated rings. The fourth-order valence-corrected chi connectivity index (χ4v) is 7.13. The predicted octanol–water partition coefficient (Wildman–Crippen LogP) is 4.77. The third kappa shape index (κ3) is 3.90. The molecule has 1 aromatic rings. The van der Waals surface area contributed by atoms with E-state index in [1.165, 1.54) is 25.3 Å². The number of nitro groups is 1. The molecular weight excluding hydrogens is 408 g/mol. The van der Waals surface area contributed by atoms with Crippen molar-refractivity contribution in [2.45, 2.75) is 58.3 Å². The molecule has 7 nitrogen and oxygen atoms in total. The Bertz CT molecular complexity index is 899. The number of nitrogens with zero attached hydrogens (tertiary/aromatic N) is 2. The van der Waals surface area contributed by atoms with Gasteiger partial charge in [0.05, 0.1) is 10.5 Å². The molecule has 4 aliphatic carbocycles. The van der Waals surface area contributed by atoms with Crippen LogP contribution in [-0.4, -0.2) is 36.4 Å². The molecule has 0 aromatic heterocycles. The predicted molar refractivity (Wildman–Crippen MR) is 120 cm³/mol. The Morgan fingerprint density at radius 2 is 1.69 bits per heavy atom. The summed E-state index contributed by atoms with van der Waals surface area (Å²) < 4.78 is 5.39. The molecule has 172 valence electrons. The van der Waals surface area contributed by atoms with E-state index in [-0.39, 0.29) is 29.1 Å². The summed E-state index contributed by atoms with van der Waals surface area (Å²) in [5, 5.41) is 11.7. The third-order valence-corrected chi connectivity index (χ3v) is 8.50. The molecule has 0 spiro atoms. The van der Waals surface area contributed by atoms with Crippen LogP contribution in [-0.2, 0) is 9.53 Å². The molecule has 7 heteroatoms. The maximum absolute atomic E-state index is 13.1. The van der Waals surface area contributed by atoms with Crippen molar-refractivity contribution >= 4 is 23.1 Å². The number of anilines is 1. The highest BCUT2D eigenvalue weighted by Crippen LogP contribution is 2.60. The van der Waals surface area contributed by atoms with Crippen LogP contribution in [0.25, 0.3) is 0 Å². The molecule has 0 unspecified atom stereocenters. The van der Waals surface area contributed by atoms with Crippen LogP contribution in [0.15, 0.2) is 18.2 Å². The molecule has 1 saturated heterocycles. The van der Waals surface area contributed by atoms with Crippen molar-refractivity contribution in [1.82, 2.24) is 0 Å². The van der Waals surface area contributed by atoms with Crippen LogP contribution >= 0.6 is 0 Å². The van der Waals surface area contributed by atoms with Gasteiger partial charge in [0.15, 0.2) is 12.4 Å². The van der Waals surface area contributed by atoms with Gasteiger partial charge < -0.3 is 9.64 Å². The summed E-state index contributed by atoms with van der Waals surface area (Å²) in [7, 11) is 0. The molecule has 4 saturated carbocycles. The average molecular weight is 441 g/mol. The van der Waals surface area contributed by atoms with Crippen molar-refractivity contribution in [1.29, 1.82) is 0 Å². The summed E-state index contributed by atoms with van der Waals surface area (Å²) >= 11 is 0. The van der Waals surface area contributed by atoms with Gasteiger partial charge in [-0.15, -0.1) is 0 Å². The maximum atomic E-state index is 13.1. The number of ketones is 1. The monoisotopic (exact) mass is 440 g/mol. The summed E-state index contributed by atoms with van der Waals surface area (Å²) in [5.74, 6) is 1.94. The highest BCUT2D eigenvalue weighted by molar-refractivity contribution is 5.94. The van der Waals surface area contributed by atoms with Gasteiger partial charge >= 0.3 is 5.97 Å². The normalized spacial score (nSPS) is 31.5. The lowest BCUT2D eigenvalue weighted by Crippen LogP contribution is -2.51. The third-order valence-electron chi connectivity index (χ3n) is 8.50. The number of hydrogen-bond acceptors (Lipinski definition) is 6. The lowest BCUT2D eigenvalue weighted by Gasteiger charge is -2.55. The van der Waals surface area contributed by atoms with Crippen molar-refractivity contribution in [3.05, 3.63) is 33.9 Å². The van der Waals surface area contributed by atoms with Crippen LogP contribution in [0.3, 0.4) is 0 Å². The van der Waals surface area contributed by atoms with E-state index < -0.39 is 10.9 Å². The number of carbonyl (C=O) groups is 2. The number of Topliss-reactive ketones (excluding diaryl/α,β-unsaturated/α-hetero) is 1. The Labute approximate surface area is 188 Å². The fourth-order valence-electron chi connectivity index (χ4n) is 7.13. The van der Waals surface area contributed by atoms with E-state index in [1.807, 2.05) is 4.90 Å². The van der Waals surface area contributed by atoms with E-state index in [0.717, 1.165) is 45.2 Å². The second kappa shape index (κ2) is 8.16. The van der Waals surface area contributed by atoms with E-state index in [0.29, 0.717) is 29.4 Å². The molecule has 1 heterocycles. The number of ether oxygens (including phenoxy) is 1. The van der Waals surface area contributed by atoms with Gasteiger partial charge in [0.25, 0.3) is 5.69 Å². The highest BCUT2D eigenvalue weighted by atomic mass is 16.6. The number of nitro benzene ring substituents is 1. The maximum Gasteiger partial charge on any atom is 0.338 e. The Kier molecular flexibility index (Phi) is 5.46. The molecule has 6 rings (SSSR count). The summed E-state index contributed by atoms with van der Waals surface area (Å²) in [4.78, 5) is 39.1. The second-order valence-electron chi connectivity index (χ2n) is 10.8. The van der Waals surface area contributed by atoms with Crippen molar-refractivity contribution in [3.8, 4) is 0 Å². The van der Waals surface area contributed by atoms with E-state index in [1.54, 1.807) is 12.1 Å². The van der Waals surface area contributed by atoms with Crippen LogP contribution < -0.4 is 4.90 Å². The Morgan fingerprint density at radius 1 is 1.09 bits per heavy atom. The molecule has 0 amide bonds. The van der Waals surface area contributed by atoms with Gasteiger partial charge in [-0.2, -0.15) is 0 Å². The zero-order valence-electron chi connectivity index (χ0n) is 18.8.